The molecule has 0 aliphatic rings. The molecule has 0 aliphatic heterocycles. The van der Waals surface area contributed by atoms with E-state index in [1.807, 2.05) is 0 Å². The van der Waals surface area contributed by atoms with Crippen LogP contribution in [-0.2, 0) is 0 Å². The van der Waals surface area contributed by atoms with E-state index >= 15 is 0 Å². The van der Waals surface area contributed by atoms with Crippen LogP contribution in [0.25, 0.3) is 60.9 Å². The summed E-state index contributed by atoms with van der Waals surface area (Å²) in [5.74, 6) is 0.465. The van der Waals surface area contributed by atoms with Gasteiger partial charge in [-0.3, -0.25) is 0 Å². The third-order valence-electron chi connectivity index (χ3n) is 10.4. The van der Waals surface area contributed by atoms with Crippen LogP contribution >= 0.6 is 0 Å². The molecule has 9 aromatic rings. The zero-order valence-electron chi connectivity index (χ0n) is 30.0. The topological polar surface area (TPSA) is 8.17 Å². The smallest absolute Gasteiger partial charge is 0.0541 e. The van der Waals surface area contributed by atoms with Crippen LogP contribution < -0.4 is 4.90 Å². The number of anilines is 3. The van der Waals surface area contributed by atoms with Crippen molar-refractivity contribution in [2.24, 2.45) is 0 Å². The van der Waals surface area contributed by atoms with Gasteiger partial charge < -0.3 is 9.47 Å². The monoisotopic (exact) mass is 680 g/mol. The Morgan fingerprint density at radius 2 is 0.755 bits per heavy atom. The van der Waals surface area contributed by atoms with Gasteiger partial charge >= 0.3 is 0 Å². The lowest BCUT2D eigenvalue weighted by molar-refractivity contribution is 0.868. The van der Waals surface area contributed by atoms with Crippen molar-refractivity contribution >= 4 is 38.9 Å². The van der Waals surface area contributed by atoms with Crippen molar-refractivity contribution in [2.75, 3.05) is 4.90 Å². The fourth-order valence-electron chi connectivity index (χ4n) is 7.55. The minimum Gasteiger partial charge on any atom is -0.311 e. The standard InChI is InChI=1S/C51H40N2/c1-36(2)42-26-32-50-48(34-42)49-35-43(27-33-51(49)53(50)45-16-10-5-11-17-45)41-20-18-38(19-21-41)40-24-30-47(31-25-40)52(44-14-8-4-9-15-44)46-28-22-39(23-29-46)37-12-6-3-7-13-37/h3-36H,1-2H3. The largest absolute Gasteiger partial charge is 0.311 e. The highest BCUT2D eigenvalue weighted by atomic mass is 15.1. The summed E-state index contributed by atoms with van der Waals surface area (Å²) in [5, 5.41) is 2.58. The lowest BCUT2D eigenvalue weighted by atomic mass is 9.97. The van der Waals surface area contributed by atoms with Crippen LogP contribution in [0.5, 0.6) is 0 Å². The highest BCUT2D eigenvalue weighted by Gasteiger charge is 2.16. The van der Waals surface area contributed by atoms with E-state index in [-0.39, 0.29) is 0 Å². The van der Waals surface area contributed by atoms with Gasteiger partial charge in [-0.15, -0.1) is 0 Å². The van der Waals surface area contributed by atoms with E-state index in [2.05, 4.69) is 224 Å². The second-order valence-electron chi connectivity index (χ2n) is 14.0. The number of aromatic nitrogens is 1. The Hall–Kier alpha value is -6.64. The van der Waals surface area contributed by atoms with Gasteiger partial charge in [0.25, 0.3) is 0 Å². The number of nitrogens with zero attached hydrogens (tertiary/aromatic N) is 2. The van der Waals surface area contributed by atoms with Crippen molar-refractivity contribution in [1.29, 1.82) is 0 Å². The quantitative estimate of drug-likeness (QED) is 0.155. The number of fused-ring (bicyclic) bond motifs is 3. The van der Waals surface area contributed by atoms with Crippen LogP contribution in [0.15, 0.2) is 200 Å². The van der Waals surface area contributed by atoms with Crippen molar-refractivity contribution in [1.82, 2.24) is 4.57 Å². The number of para-hydroxylation sites is 2. The molecule has 8 aromatic carbocycles. The first-order valence-electron chi connectivity index (χ1n) is 18.5. The van der Waals surface area contributed by atoms with E-state index in [1.54, 1.807) is 0 Å². The molecule has 1 heterocycles. The first kappa shape index (κ1) is 32.3. The minimum atomic E-state index is 0.465. The highest BCUT2D eigenvalue weighted by molar-refractivity contribution is 6.10. The normalized spacial score (nSPS) is 11.4. The second kappa shape index (κ2) is 13.8. The number of hydrogen-bond donors (Lipinski definition) is 0. The van der Waals surface area contributed by atoms with Gasteiger partial charge in [-0.2, -0.15) is 0 Å². The molecule has 0 unspecified atom stereocenters. The van der Waals surface area contributed by atoms with Crippen LogP contribution in [0, 0.1) is 0 Å². The number of hydrogen-bond acceptors (Lipinski definition) is 1. The second-order valence-corrected chi connectivity index (χ2v) is 14.0. The predicted molar refractivity (Wildman–Crippen MR) is 226 cm³/mol. The maximum absolute atomic E-state index is 2.39. The lowest BCUT2D eigenvalue weighted by Crippen LogP contribution is -2.09. The maximum atomic E-state index is 2.39. The van der Waals surface area contributed by atoms with Crippen molar-refractivity contribution in [3.63, 3.8) is 0 Å². The summed E-state index contributed by atoms with van der Waals surface area (Å²) in [6.07, 6.45) is 0. The van der Waals surface area contributed by atoms with Gasteiger partial charge in [0.05, 0.1) is 11.0 Å². The SMILES string of the molecule is CC(C)c1ccc2c(c1)c1cc(-c3ccc(-c4ccc(N(c5ccccc5)c5ccc(-c6ccccc6)cc5)cc4)cc3)ccc1n2-c1ccccc1. The molecule has 0 aliphatic carbocycles. The molecule has 9 rings (SSSR count). The van der Waals surface area contributed by atoms with Crippen molar-refractivity contribution in [2.45, 2.75) is 19.8 Å². The van der Waals surface area contributed by atoms with Crippen LogP contribution in [0.1, 0.15) is 25.3 Å². The van der Waals surface area contributed by atoms with Gasteiger partial charge in [0.2, 0.25) is 0 Å². The molecule has 0 fully saturated rings. The average Bonchev–Trinajstić information content (AvgIpc) is 3.56. The van der Waals surface area contributed by atoms with E-state index < -0.39 is 0 Å². The third-order valence-corrected chi connectivity index (χ3v) is 10.4. The summed E-state index contributed by atoms with van der Waals surface area (Å²) in [5.41, 5.74) is 15.6. The molecule has 0 N–H and O–H groups in total. The molecule has 2 heteroatoms. The Kier molecular flexibility index (Phi) is 8.42. The molecule has 0 saturated heterocycles. The Morgan fingerprint density at radius 3 is 1.30 bits per heavy atom. The molecule has 1 aromatic heterocycles. The summed E-state index contributed by atoms with van der Waals surface area (Å²) in [6.45, 7) is 4.53. The first-order chi connectivity index (χ1) is 26.1. The van der Waals surface area contributed by atoms with Gasteiger partial charge in [-0.25, -0.2) is 0 Å². The molecule has 0 bridgehead atoms. The predicted octanol–water partition coefficient (Wildman–Crippen LogP) is 14.4. The van der Waals surface area contributed by atoms with Gasteiger partial charge in [0, 0.05) is 33.5 Å². The third kappa shape index (κ3) is 6.19. The Labute approximate surface area is 311 Å². The van der Waals surface area contributed by atoms with Crippen molar-refractivity contribution in [3.8, 4) is 39.1 Å². The van der Waals surface area contributed by atoms with Crippen LogP contribution in [0.2, 0.25) is 0 Å². The van der Waals surface area contributed by atoms with E-state index in [0.717, 1.165) is 17.1 Å². The van der Waals surface area contributed by atoms with Gasteiger partial charge in [-0.1, -0.05) is 141 Å². The molecular formula is C51H40N2. The summed E-state index contributed by atoms with van der Waals surface area (Å²) < 4.78 is 2.39. The maximum Gasteiger partial charge on any atom is 0.0541 e. The Balaban J connectivity index is 1.03. The molecule has 0 radical (unpaired) electrons. The lowest BCUT2D eigenvalue weighted by Gasteiger charge is -2.26. The van der Waals surface area contributed by atoms with Gasteiger partial charge in [0.15, 0.2) is 0 Å². The molecule has 0 saturated carbocycles. The molecule has 53 heavy (non-hydrogen) atoms. The summed E-state index contributed by atoms with van der Waals surface area (Å²) in [7, 11) is 0. The Morgan fingerprint density at radius 1 is 0.358 bits per heavy atom. The summed E-state index contributed by atoms with van der Waals surface area (Å²) in [6, 6.07) is 72.4. The van der Waals surface area contributed by atoms with Crippen LogP contribution in [-0.4, -0.2) is 4.57 Å². The molecule has 0 spiro atoms. The minimum absolute atomic E-state index is 0.465. The molecule has 2 nitrogen and oxygen atoms in total. The fourth-order valence-corrected chi connectivity index (χ4v) is 7.55. The first-order valence-corrected chi connectivity index (χ1v) is 18.5. The number of rotatable bonds is 8. The molecule has 0 atom stereocenters. The summed E-state index contributed by atoms with van der Waals surface area (Å²) in [4.78, 5) is 2.32. The van der Waals surface area contributed by atoms with Gasteiger partial charge in [-0.05, 0) is 118 Å². The number of benzene rings is 8. The molecular weight excluding hydrogens is 641 g/mol. The van der Waals surface area contributed by atoms with E-state index in [1.165, 1.54) is 66.4 Å². The van der Waals surface area contributed by atoms with E-state index in [0.29, 0.717) is 5.92 Å². The van der Waals surface area contributed by atoms with Crippen LogP contribution in [0.4, 0.5) is 17.1 Å². The van der Waals surface area contributed by atoms with E-state index in [4.69, 9.17) is 0 Å². The average molecular weight is 681 g/mol. The fraction of sp³-hybridized carbons (Fsp3) is 0.0588. The Bertz CT molecular complexity index is 2640. The molecule has 254 valence electrons. The van der Waals surface area contributed by atoms with Crippen molar-refractivity contribution < 1.29 is 0 Å². The zero-order valence-corrected chi connectivity index (χ0v) is 30.0. The summed E-state index contributed by atoms with van der Waals surface area (Å²) >= 11 is 0. The van der Waals surface area contributed by atoms with Crippen molar-refractivity contribution in [3.05, 3.63) is 206 Å². The van der Waals surface area contributed by atoms with E-state index in [9.17, 15) is 0 Å². The highest BCUT2D eigenvalue weighted by Crippen LogP contribution is 2.39. The van der Waals surface area contributed by atoms with Gasteiger partial charge in [0.1, 0.15) is 0 Å². The zero-order chi connectivity index (χ0) is 35.7. The van der Waals surface area contributed by atoms with Crippen LogP contribution in [0.3, 0.4) is 0 Å². The molecule has 0 amide bonds.